The van der Waals surface area contributed by atoms with Crippen molar-refractivity contribution < 1.29 is 14.3 Å². The molecule has 11 heteroatoms. The van der Waals surface area contributed by atoms with E-state index in [9.17, 15) is 4.79 Å². The fourth-order valence-corrected chi connectivity index (χ4v) is 6.98. The number of benzene rings is 3. The number of nitrogens with two attached hydrogens (primary N) is 2. The van der Waals surface area contributed by atoms with E-state index in [0.29, 0.717) is 56.2 Å². The molecule has 0 aliphatic carbocycles. The van der Waals surface area contributed by atoms with Crippen LogP contribution in [0, 0.1) is 0 Å². The van der Waals surface area contributed by atoms with Gasteiger partial charge >= 0.3 is 0 Å². The zero-order valence-electron chi connectivity index (χ0n) is 30.6. The number of carbonyl (C=O) groups excluding carboxylic acids is 1. The predicted molar refractivity (Wildman–Crippen MR) is 207 cm³/mol. The van der Waals surface area contributed by atoms with E-state index < -0.39 is 0 Å². The van der Waals surface area contributed by atoms with Gasteiger partial charge in [-0.1, -0.05) is 70.2 Å². The van der Waals surface area contributed by atoms with Crippen molar-refractivity contribution in [3.8, 4) is 16.9 Å². The molecule has 2 aliphatic heterocycles. The Balaban J connectivity index is 1.28. The van der Waals surface area contributed by atoms with Gasteiger partial charge in [0.2, 0.25) is 0 Å². The highest BCUT2D eigenvalue weighted by molar-refractivity contribution is 6.04. The van der Waals surface area contributed by atoms with Crippen molar-refractivity contribution in [3.63, 3.8) is 0 Å². The molecule has 3 aromatic carbocycles. The first kappa shape index (κ1) is 36.1. The van der Waals surface area contributed by atoms with Crippen LogP contribution in [0.25, 0.3) is 21.9 Å². The van der Waals surface area contributed by atoms with Gasteiger partial charge in [-0.15, -0.1) is 0 Å². The van der Waals surface area contributed by atoms with Gasteiger partial charge in [-0.3, -0.25) is 14.8 Å². The molecule has 1 atom stereocenters. The number of carbonyl (C=O) groups is 1. The number of likely N-dealkylation sites (N-methyl/N-ethyl adjacent to an activating group) is 1. The fraction of sp³-hybridized carbons (Fsp3) is 0.400. The smallest absolute Gasteiger partial charge is 0.272 e. The Morgan fingerprint density at radius 3 is 2.43 bits per heavy atom. The lowest BCUT2D eigenvalue weighted by atomic mass is 9.86. The summed E-state index contributed by atoms with van der Waals surface area (Å²) >= 11 is 0. The molecule has 4 aromatic rings. The first-order valence-corrected chi connectivity index (χ1v) is 17.8. The highest BCUT2D eigenvalue weighted by atomic mass is 16.5. The number of hydrazine groups is 2. The van der Waals surface area contributed by atoms with Crippen LogP contribution in [0.4, 0.5) is 17.1 Å². The summed E-state index contributed by atoms with van der Waals surface area (Å²) in [6.45, 7) is 14.9. The highest BCUT2D eigenvalue weighted by Crippen LogP contribution is 2.42. The fourth-order valence-electron chi connectivity index (χ4n) is 6.98. The van der Waals surface area contributed by atoms with Crippen LogP contribution in [0.15, 0.2) is 79.3 Å². The molecule has 2 saturated heterocycles. The summed E-state index contributed by atoms with van der Waals surface area (Å²) in [7, 11) is 3.84. The van der Waals surface area contributed by atoms with Crippen molar-refractivity contribution >= 4 is 33.7 Å². The summed E-state index contributed by atoms with van der Waals surface area (Å²) in [5.41, 5.74) is 5.56. The minimum absolute atomic E-state index is 0.0809. The second kappa shape index (κ2) is 15.3. The lowest BCUT2D eigenvalue weighted by Gasteiger charge is -2.36. The number of likely N-dealkylation sites (tertiary alicyclic amines) is 1. The van der Waals surface area contributed by atoms with Crippen molar-refractivity contribution in [3.05, 3.63) is 90.5 Å². The molecule has 1 aromatic heterocycles. The zero-order chi connectivity index (χ0) is 36.3. The first-order valence-electron chi connectivity index (χ1n) is 17.8. The number of amides is 1. The molecule has 0 spiro atoms. The van der Waals surface area contributed by atoms with Crippen molar-refractivity contribution in [1.82, 2.24) is 14.8 Å². The molecule has 11 nitrogen and oxygen atoms in total. The van der Waals surface area contributed by atoms with Gasteiger partial charge in [0, 0.05) is 42.8 Å². The summed E-state index contributed by atoms with van der Waals surface area (Å²) in [5, 5.41) is 8.79. The number of pyridine rings is 1. The van der Waals surface area contributed by atoms with E-state index in [1.165, 1.54) is 12.8 Å². The molecule has 2 aliphatic rings. The van der Waals surface area contributed by atoms with Gasteiger partial charge in [-0.2, -0.15) is 0 Å². The van der Waals surface area contributed by atoms with Gasteiger partial charge in [0.25, 0.3) is 5.91 Å². The molecule has 1 amide bonds. The maximum atomic E-state index is 13.0. The third-order valence-corrected chi connectivity index (χ3v) is 10.1. The molecule has 270 valence electrons. The summed E-state index contributed by atoms with van der Waals surface area (Å²) in [4.78, 5) is 21.7. The maximum absolute atomic E-state index is 13.0. The van der Waals surface area contributed by atoms with Crippen LogP contribution < -0.4 is 31.8 Å². The van der Waals surface area contributed by atoms with E-state index in [1.54, 1.807) is 29.3 Å². The molecule has 2 fully saturated rings. The quantitative estimate of drug-likeness (QED) is 0.133. The van der Waals surface area contributed by atoms with Gasteiger partial charge in [0.1, 0.15) is 11.5 Å². The molecule has 3 heterocycles. The van der Waals surface area contributed by atoms with E-state index in [-0.39, 0.29) is 11.3 Å². The number of piperidine rings is 1. The van der Waals surface area contributed by atoms with Gasteiger partial charge in [-0.05, 0) is 72.6 Å². The SMILES string of the molecule is C=C(Nc1cc(C(C)(C)C)cc(N(N)CC2CCCCN2C)c1OC)N(N)c1ccc(-c2ccc(C(=O)N3CCOCC3)nc2)c2ccccc12. The van der Waals surface area contributed by atoms with Crippen LogP contribution in [0.2, 0.25) is 0 Å². The predicted octanol–water partition coefficient (Wildman–Crippen LogP) is 6.11. The van der Waals surface area contributed by atoms with Crippen molar-refractivity contribution in [2.45, 2.75) is 51.5 Å². The second-order valence-electron chi connectivity index (χ2n) is 14.6. The largest absolute Gasteiger partial charge is 0.492 e. The third kappa shape index (κ3) is 7.82. The average molecular weight is 693 g/mol. The van der Waals surface area contributed by atoms with E-state index in [2.05, 4.69) is 67.8 Å². The number of hydrogen-bond acceptors (Lipinski definition) is 10. The standard InChI is InChI=1S/C40H52N8O3/c1-27(44-35-23-29(40(2,3)4)24-37(38(35)50-6)47(41)26-30-11-9-10-18-45(30)5)48(42)36-17-15-31(32-12-7-8-13-33(32)36)28-14-16-34(43-25-28)39(49)46-19-21-51-22-20-46/h7-8,12-17,23-25,30,44H,1,9-11,18-22,26,41-42H2,2-6H3. The van der Waals surface area contributed by atoms with Gasteiger partial charge in [0.15, 0.2) is 5.75 Å². The molecule has 5 N–H and O–H groups in total. The molecule has 0 saturated carbocycles. The Labute approximate surface area is 301 Å². The Morgan fingerprint density at radius 2 is 1.76 bits per heavy atom. The van der Waals surface area contributed by atoms with Crippen LogP contribution in [0.3, 0.4) is 0 Å². The normalized spacial score (nSPS) is 16.9. The molecule has 0 radical (unpaired) electrons. The Bertz CT molecular complexity index is 1870. The number of ether oxygens (including phenoxy) is 2. The molecular formula is C40H52N8O3. The maximum Gasteiger partial charge on any atom is 0.272 e. The minimum atomic E-state index is -0.154. The van der Waals surface area contributed by atoms with Crippen LogP contribution >= 0.6 is 0 Å². The number of fused-ring (bicyclic) bond motifs is 1. The Hall–Kier alpha value is -4.68. The average Bonchev–Trinajstić information content (AvgIpc) is 3.14. The summed E-state index contributed by atoms with van der Waals surface area (Å²) in [5.74, 6) is 14.7. The summed E-state index contributed by atoms with van der Waals surface area (Å²) < 4.78 is 11.4. The number of nitrogens with one attached hydrogen (secondary N) is 1. The third-order valence-electron chi connectivity index (χ3n) is 10.1. The van der Waals surface area contributed by atoms with Gasteiger partial charge in [0.05, 0.1) is 37.4 Å². The number of aromatic nitrogens is 1. The number of nitrogens with zero attached hydrogens (tertiary/aromatic N) is 5. The summed E-state index contributed by atoms with van der Waals surface area (Å²) in [6, 6.07) is 20.4. The number of morpholine rings is 1. The van der Waals surface area contributed by atoms with Crippen molar-refractivity contribution in [1.29, 1.82) is 0 Å². The van der Waals surface area contributed by atoms with Crippen LogP contribution in [-0.4, -0.2) is 80.3 Å². The summed E-state index contributed by atoms with van der Waals surface area (Å²) in [6.07, 6.45) is 5.29. The van der Waals surface area contributed by atoms with Gasteiger partial charge in [-0.25, -0.2) is 11.7 Å². The topological polar surface area (TPSA) is 125 Å². The number of anilines is 3. The first-order chi connectivity index (χ1) is 24.5. The molecular weight excluding hydrogens is 640 g/mol. The molecule has 51 heavy (non-hydrogen) atoms. The van der Waals surface area contributed by atoms with Crippen LogP contribution in [0.5, 0.6) is 5.75 Å². The van der Waals surface area contributed by atoms with E-state index in [4.69, 9.17) is 21.2 Å². The Kier molecular flexibility index (Phi) is 10.8. The second-order valence-corrected chi connectivity index (χ2v) is 14.6. The number of hydrogen-bond donors (Lipinski definition) is 3. The van der Waals surface area contributed by atoms with E-state index in [1.807, 2.05) is 41.4 Å². The number of methoxy groups -OCH3 is 1. The van der Waals surface area contributed by atoms with Crippen LogP contribution in [-0.2, 0) is 10.2 Å². The molecule has 1 unspecified atom stereocenters. The van der Waals surface area contributed by atoms with Crippen molar-refractivity contribution in [2.75, 3.05) is 68.9 Å². The monoisotopic (exact) mass is 692 g/mol. The highest BCUT2D eigenvalue weighted by Gasteiger charge is 2.27. The van der Waals surface area contributed by atoms with Crippen LogP contribution in [0.1, 0.15) is 56.1 Å². The van der Waals surface area contributed by atoms with E-state index in [0.717, 1.165) is 57.5 Å². The molecule has 0 bridgehead atoms. The molecule has 6 rings (SSSR count). The Morgan fingerprint density at radius 1 is 1.02 bits per heavy atom. The lowest BCUT2D eigenvalue weighted by molar-refractivity contribution is 0.0299. The van der Waals surface area contributed by atoms with Gasteiger partial charge < -0.3 is 29.6 Å². The minimum Gasteiger partial charge on any atom is -0.492 e. The van der Waals surface area contributed by atoms with Crippen molar-refractivity contribution in [2.24, 2.45) is 11.7 Å². The number of rotatable bonds is 10. The van der Waals surface area contributed by atoms with E-state index >= 15 is 0 Å². The lowest BCUT2D eigenvalue weighted by Crippen LogP contribution is -2.47. The zero-order valence-corrected chi connectivity index (χ0v) is 30.6.